The lowest BCUT2D eigenvalue weighted by atomic mass is 9.79. The van der Waals surface area contributed by atoms with Gasteiger partial charge in [0.1, 0.15) is 22.9 Å². The molecule has 10 heteroatoms. The molecule has 0 aliphatic carbocycles. The summed E-state index contributed by atoms with van der Waals surface area (Å²) < 4.78 is 36.7. The number of halogens is 1. The van der Waals surface area contributed by atoms with Crippen LogP contribution in [0.2, 0.25) is 0 Å². The van der Waals surface area contributed by atoms with Crippen molar-refractivity contribution in [1.29, 1.82) is 0 Å². The molecule has 0 bridgehead atoms. The van der Waals surface area contributed by atoms with Gasteiger partial charge in [-0.05, 0) is 42.8 Å². The van der Waals surface area contributed by atoms with Gasteiger partial charge in [0.2, 0.25) is 0 Å². The normalized spacial score (nSPS) is 18.8. The number of nitrogens with zero attached hydrogens (tertiary/aromatic N) is 2. The third-order valence-corrected chi connectivity index (χ3v) is 6.00. The summed E-state index contributed by atoms with van der Waals surface area (Å²) in [6, 6.07) is 8.72. The molecule has 1 saturated heterocycles. The van der Waals surface area contributed by atoms with Crippen LogP contribution >= 0.6 is 0 Å². The van der Waals surface area contributed by atoms with Crippen molar-refractivity contribution in [3.05, 3.63) is 64.0 Å². The molecule has 0 radical (unpaired) electrons. The Morgan fingerprint density at radius 3 is 2.79 bits per heavy atom. The molecule has 5 rings (SSSR count). The zero-order valence-corrected chi connectivity index (χ0v) is 17.9. The molecule has 172 valence electrons. The fourth-order valence-corrected chi connectivity index (χ4v) is 4.47. The van der Waals surface area contributed by atoms with E-state index >= 15 is 0 Å². The van der Waals surface area contributed by atoms with Crippen molar-refractivity contribution in [2.75, 3.05) is 20.5 Å². The minimum Gasteiger partial charge on any atom is -0.494 e. The Morgan fingerprint density at radius 2 is 2.12 bits per heavy atom. The highest BCUT2D eigenvalue weighted by atomic mass is 19.1. The van der Waals surface area contributed by atoms with E-state index in [1.165, 1.54) is 29.9 Å². The van der Waals surface area contributed by atoms with Gasteiger partial charge in [-0.2, -0.15) is 0 Å². The number of carbonyl (C=O) groups excluding carboxylic acids is 1. The zero-order chi connectivity index (χ0) is 23.3. The van der Waals surface area contributed by atoms with Gasteiger partial charge in [0, 0.05) is 6.42 Å². The topological polar surface area (TPSA) is 109 Å². The largest absolute Gasteiger partial charge is 0.494 e. The summed E-state index contributed by atoms with van der Waals surface area (Å²) in [6.45, 7) is 1.63. The molecular formula is C23H21FN2O7. The average molecular weight is 456 g/mol. The third-order valence-electron chi connectivity index (χ3n) is 6.00. The number of esters is 1. The maximum Gasteiger partial charge on any atom is 0.339 e. The fourth-order valence-electron chi connectivity index (χ4n) is 4.47. The van der Waals surface area contributed by atoms with Gasteiger partial charge in [-0.15, -0.1) is 0 Å². The highest BCUT2D eigenvalue weighted by molar-refractivity contribution is 5.86. The average Bonchev–Trinajstić information content (AvgIpc) is 3.10. The van der Waals surface area contributed by atoms with Crippen LogP contribution in [-0.4, -0.2) is 53.0 Å². The summed E-state index contributed by atoms with van der Waals surface area (Å²) in [5.74, 6) is -2.36. The predicted molar refractivity (Wildman–Crippen MR) is 113 cm³/mol. The van der Waals surface area contributed by atoms with Crippen molar-refractivity contribution in [2.24, 2.45) is 0 Å². The summed E-state index contributed by atoms with van der Waals surface area (Å²) >= 11 is 0. The highest BCUT2D eigenvalue weighted by Crippen LogP contribution is 2.46. The molecule has 2 aliphatic heterocycles. The Morgan fingerprint density at radius 1 is 1.33 bits per heavy atom. The molecule has 2 aliphatic rings. The third kappa shape index (κ3) is 3.21. The molecule has 3 aromatic rings. The first-order valence-electron chi connectivity index (χ1n) is 10.4. The number of aromatic nitrogens is 2. The quantitative estimate of drug-likeness (QED) is 0.561. The summed E-state index contributed by atoms with van der Waals surface area (Å²) in [7, 11) is 1.45. The minimum absolute atomic E-state index is 0.00201. The van der Waals surface area contributed by atoms with E-state index in [4.69, 9.17) is 18.9 Å². The van der Waals surface area contributed by atoms with Crippen molar-refractivity contribution in [1.82, 2.24) is 9.55 Å². The number of para-hydroxylation sites is 1. The van der Waals surface area contributed by atoms with Gasteiger partial charge in [-0.25, -0.2) is 14.2 Å². The van der Waals surface area contributed by atoms with Gasteiger partial charge in [-0.1, -0.05) is 6.07 Å². The number of aliphatic hydroxyl groups is 1. The number of carbonyl (C=O) groups is 1. The maximum atomic E-state index is 14.4. The minimum atomic E-state index is -2.25. The Bertz CT molecular complexity index is 1320. The van der Waals surface area contributed by atoms with Crippen molar-refractivity contribution < 1.29 is 33.2 Å². The Hall–Kier alpha value is -3.34. The van der Waals surface area contributed by atoms with Crippen LogP contribution in [-0.2, 0) is 19.0 Å². The molecule has 2 aromatic carbocycles. The van der Waals surface area contributed by atoms with E-state index in [0.29, 0.717) is 11.4 Å². The van der Waals surface area contributed by atoms with Crippen LogP contribution in [0.3, 0.4) is 0 Å². The summed E-state index contributed by atoms with van der Waals surface area (Å²) in [6.07, 6.45) is -1.17. The van der Waals surface area contributed by atoms with E-state index in [0.717, 1.165) is 0 Å². The number of rotatable bonds is 6. The standard InChI is InChI=1S/C23H21FN2O7/c1-3-31-22(28)23(29,10-17-32-11-33-17)18-14-9-12(24)7-8-15(14)26-20(18)25-19-13(21(26)27)5-4-6-16(19)30-2/h4-9,17-18,29H,3,10-11H2,1-2H3. The van der Waals surface area contributed by atoms with Crippen LogP contribution in [0.4, 0.5) is 4.39 Å². The van der Waals surface area contributed by atoms with Gasteiger partial charge in [0.15, 0.2) is 18.7 Å². The van der Waals surface area contributed by atoms with Crippen LogP contribution in [0, 0.1) is 5.82 Å². The molecule has 3 heterocycles. The number of ether oxygens (including phenoxy) is 4. The fraction of sp³-hybridized carbons (Fsp3) is 0.348. The van der Waals surface area contributed by atoms with Gasteiger partial charge in [0.05, 0.1) is 30.7 Å². The number of hydrogen-bond acceptors (Lipinski definition) is 8. The van der Waals surface area contributed by atoms with Gasteiger partial charge >= 0.3 is 5.97 Å². The van der Waals surface area contributed by atoms with E-state index in [9.17, 15) is 19.1 Å². The van der Waals surface area contributed by atoms with E-state index in [-0.39, 0.29) is 42.1 Å². The second kappa shape index (κ2) is 7.91. The van der Waals surface area contributed by atoms with E-state index in [2.05, 4.69) is 4.98 Å². The van der Waals surface area contributed by atoms with Crippen LogP contribution in [0.1, 0.15) is 30.7 Å². The molecule has 9 nitrogen and oxygen atoms in total. The van der Waals surface area contributed by atoms with E-state index in [1.807, 2.05) is 0 Å². The molecule has 1 fully saturated rings. The van der Waals surface area contributed by atoms with E-state index in [1.54, 1.807) is 25.1 Å². The van der Waals surface area contributed by atoms with Gasteiger partial charge in [0.25, 0.3) is 5.56 Å². The second-order valence-electron chi connectivity index (χ2n) is 7.83. The molecule has 1 aromatic heterocycles. The Balaban J connectivity index is 1.81. The van der Waals surface area contributed by atoms with Crippen molar-refractivity contribution in [3.8, 4) is 11.4 Å². The summed E-state index contributed by atoms with van der Waals surface area (Å²) in [5.41, 5.74) is -1.89. The molecule has 0 amide bonds. The molecule has 2 atom stereocenters. The Kier molecular flexibility index (Phi) is 5.15. The van der Waals surface area contributed by atoms with Gasteiger partial charge < -0.3 is 24.1 Å². The molecule has 2 unspecified atom stereocenters. The number of benzene rings is 2. The van der Waals surface area contributed by atoms with Crippen molar-refractivity contribution in [3.63, 3.8) is 0 Å². The molecule has 0 spiro atoms. The number of methoxy groups -OCH3 is 1. The monoisotopic (exact) mass is 456 g/mol. The molecule has 33 heavy (non-hydrogen) atoms. The van der Waals surface area contributed by atoms with Crippen molar-refractivity contribution >= 4 is 16.9 Å². The summed E-state index contributed by atoms with van der Waals surface area (Å²) in [5, 5.41) is 12.1. The first-order chi connectivity index (χ1) is 15.9. The SMILES string of the molecule is CCOC(=O)C(O)(CC1OCO1)C1c2cc(F)ccc2-n2c1nc1c(OC)cccc1c2=O. The first-order valence-corrected chi connectivity index (χ1v) is 10.4. The smallest absolute Gasteiger partial charge is 0.339 e. The first kappa shape index (κ1) is 21.5. The molecule has 0 saturated carbocycles. The zero-order valence-electron chi connectivity index (χ0n) is 17.9. The van der Waals surface area contributed by atoms with Crippen molar-refractivity contribution in [2.45, 2.75) is 31.2 Å². The predicted octanol–water partition coefficient (Wildman–Crippen LogP) is 1.99. The molecule has 1 N–H and O–H groups in total. The Labute approximate surface area is 187 Å². The lowest BCUT2D eigenvalue weighted by Crippen LogP contribution is -2.51. The van der Waals surface area contributed by atoms with Gasteiger partial charge in [-0.3, -0.25) is 9.36 Å². The van der Waals surface area contributed by atoms with Crippen LogP contribution in [0.5, 0.6) is 5.75 Å². The summed E-state index contributed by atoms with van der Waals surface area (Å²) in [4.78, 5) is 31.2. The maximum absolute atomic E-state index is 14.4. The van der Waals surface area contributed by atoms with Crippen LogP contribution in [0.25, 0.3) is 16.6 Å². The lowest BCUT2D eigenvalue weighted by Gasteiger charge is -2.37. The highest BCUT2D eigenvalue weighted by Gasteiger charge is 2.54. The lowest BCUT2D eigenvalue weighted by molar-refractivity contribution is -0.332. The van der Waals surface area contributed by atoms with Crippen LogP contribution in [0.15, 0.2) is 41.2 Å². The number of fused-ring (bicyclic) bond motifs is 4. The second-order valence-corrected chi connectivity index (χ2v) is 7.83. The number of hydrogen-bond donors (Lipinski definition) is 1. The molecular weight excluding hydrogens is 435 g/mol. The van der Waals surface area contributed by atoms with E-state index < -0.39 is 35.2 Å². The van der Waals surface area contributed by atoms with Crippen LogP contribution < -0.4 is 10.3 Å².